The molecule has 1 aromatic rings. The molecule has 2 amide bonds. The van der Waals surface area contributed by atoms with Crippen molar-refractivity contribution in [2.75, 3.05) is 18.6 Å². The molecule has 2 N–H and O–H groups in total. The monoisotopic (exact) mass is 436 g/mol. The standard InChI is InChI=1S/C19H20N2O6S2/c1-11(22)27-9-13-10-29-18-19(28-2,17(26)21(18)15(13)16(24)25)20-14(23)8-12-6-4-3-5-7-12/h3-7,18H,8-10H2,1-2H3,(H,20,23)(H,24,25)/t18-,19?/m1/s1. The van der Waals surface area contributed by atoms with Crippen LogP contribution in [0.4, 0.5) is 0 Å². The first-order valence-electron chi connectivity index (χ1n) is 8.74. The lowest BCUT2D eigenvalue weighted by Crippen LogP contribution is -2.78. The van der Waals surface area contributed by atoms with Gasteiger partial charge >= 0.3 is 11.9 Å². The van der Waals surface area contributed by atoms with E-state index in [-0.39, 0.29) is 30.4 Å². The minimum atomic E-state index is -1.27. The lowest BCUT2D eigenvalue weighted by Gasteiger charge is -2.56. The van der Waals surface area contributed by atoms with Gasteiger partial charge in [0.2, 0.25) is 5.91 Å². The Balaban J connectivity index is 1.80. The highest BCUT2D eigenvalue weighted by Gasteiger charge is 2.65. The Morgan fingerprint density at radius 2 is 2.03 bits per heavy atom. The highest BCUT2D eigenvalue weighted by molar-refractivity contribution is 8.05. The van der Waals surface area contributed by atoms with Crippen molar-refractivity contribution < 1.29 is 29.0 Å². The molecule has 0 aliphatic carbocycles. The molecule has 2 aliphatic heterocycles. The molecular formula is C19H20N2O6S2. The van der Waals surface area contributed by atoms with E-state index in [1.165, 1.54) is 35.3 Å². The number of thioether (sulfide) groups is 2. The van der Waals surface area contributed by atoms with E-state index in [0.717, 1.165) is 5.56 Å². The van der Waals surface area contributed by atoms with Gasteiger partial charge in [-0.15, -0.1) is 23.5 Å². The second kappa shape index (κ2) is 8.50. The number of nitrogens with one attached hydrogen (secondary N) is 1. The molecule has 29 heavy (non-hydrogen) atoms. The van der Waals surface area contributed by atoms with Crippen LogP contribution in [0.15, 0.2) is 41.6 Å². The number of carboxylic acid groups (broad SMARTS) is 1. The summed E-state index contributed by atoms with van der Waals surface area (Å²) in [5.74, 6) is -2.33. The Hall–Kier alpha value is -2.46. The Morgan fingerprint density at radius 1 is 1.34 bits per heavy atom. The third-order valence-electron chi connectivity index (χ3n) is 4.62. The minimum Gasteiger partial charge on any atom is -0.477 e. The number of esters is 1. The van der Waals surface area contributed by atoms with Gasteiger partial charge in [0.15, 0.2) is 4.87 Å². The number of carboxylic acids is 1. The van der Waals surface area contributed by atoms with Crippen LogP contribution >= 0.6 is 23.5 Å². The Morgan fingerprint density at radius 3 is 2.62 bits per heavy atom. The number of rotatable bonds is 7. The quantitative estimate of drug-likeness (QED) is 0.373. The first-order valence-corrected chi connectivity index (χ1v) is 11.0. The van der Waals surface area contributed by atoms with Crippen LogP contribution in [-0.2, 0) is 30.3 Å². The number of carbonyl (C=O) groups excluding carboxylic acids is 3. The second-order valence-corrected chi connectivity index (χ2v) is 8.65. The molecule has 1 unspecified atom stereocenters. The number of nitrogens with zero attached hydrogens (tertiary/aromatic N) is 1. The molecule has 2 aliphatic rings. The van der Waals surface area contributed by atoms with Crippen molar-refractivity contribution in [2.45, 2.75) is 23.6 Å². The van der Waals surface area contributed by atoms with Gasteiger partial charge in [0.25, 0.3) is 5.91 Å². The van der Waals surface area contributed by atoms with Gasteiger partial charge in [0.05, 0.1) is 6.42 Å². The van der Waals surface area contributed by atoms with Crippen molar-refractivity contribution in [1.29, 1.82) is 0 Å². The highest BCUT2D eigenvalue weighted by atomic mass is 32.2. The molecule has 2 atom stereocenters. The van der Waals surface area contributed by atoms with Crippen LogP contribution in [0.25, 0.3) is 0 Å². The first kappa shape index (κ1) is 21.3. The summed E-state index contributed by atoms with van der Waals surface area (Å²) in [4.78, 5) is 48.4. The summed E-state index contributed by atoms with van der Waals surface area (Å²) in [7, 11) is 0. The molecule has 1 fully saturated rings. The number of carbonyl (C=O) groups is 4. The van der Waals surface area contributed by atoms with E-state index in [1.807, 2.05) is 30.3 Å². The van der Waals surface area contributed by atoms with Gasteiger partial charge in [0, 0.05) is 18.2 Å². The van der Waals surface area contributed by atoms with E-state index >= 15 is 0 Å². The van der Waals surface area contributed by atoms with E-state index < -0.39 is 28.1 Å². The van der Waals surface area contributed by atoms with Crippen molar-refractivity contribution in [1.82, 2.24) is 10.2 Å². The number of aliphatic carboxylic acids is 1. The Bertz CT molecular complexity index is 888. The molecule has 3 rings (SSSR count). The summed E-state index contributed by atoms with van der Waals surface area (Å²) in [6.07, 6.45) is 1.82. The molecule has 8 nitrogen and oxygen atoms in total. The van der Waals surface area contributed by atoms with Crippen molar-refractivity contribution in [3.05, 3.63) is 47.2 Å². The number of amides is 2. The number of ether oxygens (including phenoxy) is 1. The molecule has 154 valence electrons. The molecule has 1 saturated heterocycles. The molecule has 0 spiro atoms. The zero-order chi connectivity index (χ0) is 21.2. The lowest BCUT2D eigenvalue weighted by atomic mass is 10.0. The third-order valence-corrected chi connectivity index (χ3v) is 7.31. The molecule has 10 heteroatoms. The van der Waals surface area contributed by atoms with Crippen LogP contribution in [0.1, 0.15) is 12.5 Å². The van der Waals surface area contributed by atoms with Crippen LogP contribution in [0.3, 0.4) is 0 Å². The molecule has 2 heterocycles. The van der Waals surface area contributed by atoms with Crippen molar-refractivity contribution in [3.8, 4) is 0 Å². The topological polar surface area (TPSA) is 113 Å². The van der Waals surface area contributed by atoms with Gasteiger partial charge in [-0.05, 0) is 11.8 Å². The fourth-order valence-electron chi connectivity index (χ4n) is 3.28. The molecular weight excluding hydrogens is 416 g/mol. The molecule has 0 aromatic heterocycles. The van der Waals surface area contributed by atoms with Crippen LogP contribution in [0.5, 0.6) is 0 Å². The Kier molecular flexibility index (Phi) is 6.23. The third kappa shape index (κ3) is 3.99. The average molecular weight is 437 g/mol. The van der Waals surface area contributed by atoms with Gasteiger partial charge < -0.3 is 15.2 Å². The number of hydrogen-bond acceptors (Lipinski definition) is 7. The first-order chi connectivity index (χ1) is 13.8. The summed E-state index contributed by atoms with van der Waals surface area (Å²) in [6, 6.07) is 9.15. The maximum atomic E-state index is 13.0. The van der Waals surface area contributed by atoms with Crippen LogP contribution in [-0.4, -0.2) is 62.6 Å². The van der Waals surface area contributed by atoms with Crippen LogP contribution in [0, 0.1) is 0 Å². The Labute approximate surface area is 176 Å². The summed E-state index contributed by atoms with van der Waals surface area (Å²) in [5.41, 5.74) is 0.991. The van der Waals surface area contributed by atoms with E-state index in [1.54, 1.807) is 6.26 Å². The van der Waals surface area contributed by atoms with E-state index in [0.29, 0.717) is 5.57 Å². The second-order valence-electron chi connectivity index (χ2n) is 6.53. The van der Waals surface area contributed by atoms with Gasteiger partial charge in [-0.1, -0.05) is 30.3 Å². The summed E-state index contributed by atoms with van der Waals surface area (Å²) in [5, 5.41) is 11.9. The smallest absolute Gasteiger partial charge is 0.352 e. The predicted octanol–water partition coefficient (Wildman–Crippen LogP) is 1.22. The van der Waals surface area contributed by atoms with Gasteiger partial charge in [-0.25, -0.2) is 4.79 Å². The number of β-lactam (4-membered cyclic amide) rings is 1. The summed E-state index contributed by atoms with van der Waals surface area (Å²) in [6.45, 7) is 1.04. The molecule has 0 bridgehead atoms. The van der Waals surface area contributed by atoms with E-state index in [2.05, 4.69) is 5.32 Å². The lowest BCUT2D eigenvalue weighted by molar-refractivity contribution is -0.153. The molecule has 0 radical (unpaired) electrons. The average Bonchev–Trinajstić information content (AvgIpc) is 2.69. The van der Waals surface area contributed by atoms with Crippen LogP contribution in [0.2, 0.25) is 0 Å². The van der Waals surface area contributed by atoms with Gasteiger partial charge in [-0.3, -0.25) is 19.3 Å². The summed E-state index contributed by atoms with van der Waals surface area (Å²) < 4.78 is 4.93. The normalized spacial score (nSPS) is 23.2. The maximum absolute atomic E-state index is 13.0. The van der Waals surface area contributed by atoms with Crippen molar-refractivity contribution in [2.24, 2.45) is 0 Å². The molecule has 1 aromatic carbocycles. The zero-order valence-corrected chi connectivity index (χ0v) is 17.5. The molecule has 0 saturated carbocycles. The number of hydrogen-bond donors (Lipinski definition) is 2. The predicted molar refractivity (Wildman–Crippen MR) is 109 cm³/mol. The fraction of sp³-hybridized carbons (Fsp3) is 0.368. The van der Waals surface area contributed by atoms with Gasteiger partial charge in [-0.2, -0.15) is 0 Å². The van der Waals surface area contributed by atoms with Crippen molar-refractivity contribution in [3.63, 3.8) is 0 Å². The van der Waals surface area contributed by atoms with Gasteiger partial charge in [0.1, 0.15) is 17.7 Å². The zero-order valence-electron chi connectivity index (χ0n) is 15.8. The minimum absolute atomic E-state index is 0.118. The summed E-state index contributed by atoms with van der Waals surface area (Å²) >= 11 is 2.51. The SMILES string of the molecule is CSC1(NC(=O)Cc2ccccc2)C(=O)N2C(C(=O)O)=C(COC(C)=O)CS[C@@H]21. The highest BCUT2D eigenvalue weighted by Crippen LogP contribution is 2.50. The van der Waals surface area contributed by atoms with E-state index in [4.69, 9.17) is 4.74 Å². The maximum Gasteiger partial charge on any atom is 0.352 e. The van der Waals surface area contributed by atoms with Crippen molar-refractivity contribution >= 4 is 47.3 Å². The number of benzene rings is 1. The largest absolute Gasteiger partial charge is 0.477 e. The van der Waals surface area contributed by atoms with Crippen LogP contribution < -0.4 is 5.32 Å². The van der Waals surface area contributed by atoms with E-state index in [9.17, 15) is 24.3 Å². The number of fused-ring (bicyclic) bond motifs is 1. The fourth-order valence-corrected chi connectivity index (χ4v) is 5.89.